The van der Waals surface area contributed by atoms with Gasteiger partial charge in [0, 0.05) is 17.1 Å². The van der Waals surface area contributed by atoms with E-state index in [-0.39, 0.29) is 22.9 Å². The fourth-order valence-corrected chi connectivity index (χ4v) is 3.83. The molecule has 2 rings (SSSR count). The number of nitrogens with one attached hydrogen (secondary N) is 3. The largest absolute Gasteiger partial charge is 0.355 e. The molecule has 2 aromatic carbocycles. The van der Waals surface area contributed by atoms with Crippen LogP contribution in [0.25, 0.3) is 0 Å². The number of anilines is 1. The lowest BCUT2D eigenvalue weighted by Crippen LogP contribution is -2.36. The first kappa shape index (κ1) is 20.7. The molecule has 2 aromatic rings. The Balaban J connectivity index is 2.23. The van der Waals surface area contributed by atoms with Crippen LogP contribution in [-0.2, 0) is 14.8 Å². The van der Waals surface area contributed by atoms with Crippen LogP contribution in [0.4, 0.5) is 5.69 Å². The maximum absolute atomic E-state index is 12.7. The molecule has 0 saturated carbocycles. The van der Waals surface area contributed by atoms with Gasteiger partial charge in [0.2, 0.25) is 5.91 Å². The zero-order chi connectivity index (χ0) is 20.0. The molecule has 9 heteroatoms. The van der Waals surface area contributed by atoms with Gasteiger partial charge in [-0.3, -0.25) is 14.3 Å². The first-order valence-corrected chi connectivity index (χ1v) is 10.0. The molecule has 0 aliphatic carbocycles. The number of carbonyl (C=O) groups excluding carboxylic acids is 2. The maximum Gasteiger partial charge on any atom is 0.262 e. The van der Waals surface area contributed by atoms with E-state index in [1.807, 2.05) is 0 Å². The van der Waals surface area contributed by atoms with Crippen molar-refractivity contribution in [3.8, 4) is 0 Å². The highest BCUT2D eigenvalue weighted by molar-refractivity contribution is 7.92. The van der Waals surface area contributed by atoms with Crippen LogP contribution in [0.1, 0.15) is 22.8 Å². The minimum absolute atomic E-state index is 0.0341. The molecule has 0 fully saturated rings. The molecular formula is C18H20ClN3O4S. The molecule has 0 bridgehead atoms. The van der Waals surface area contributed by atoms with E-state index in [2.05, 4.69) is 15.4 Å². The Bertz CT molecular complexity index is 961. The third kappa shape index (κ3) is 5.70. The van der Waals surface area contributed by atoms with Gasteiger partial charge in [0.25, 0.3) is 15.9 Å². The lowest BCUT2D eigenvalue weighted by Gasteiger charge is -2.12. The monoisotopic (exact) mass is 409 g/mol. The number of hydrogen-bond donors (Lipinski definition) is 3. The molecule has 0 saturated heterocycles. The minimum atomic E-state index is -3.92. The van der Waals surface area contributed by atoms with Crippen molar-refractivity contribution in [3.63, 3.8) is 0 Å². The van der Waals surface area contributed by atoms with Crippen LogP contribution in [-0.4, -0.2) is 33.3 Å². The highest BCUT2D eigenvalue weighted by Crippen LogP contribution is 2.22. The molecule has 0 unspecified atom stereocenters. The number of likely N-dealkylation sites (N-methyl/N-ethyl adjacent to an activating group) is 1. The van der Waals surface area contributed by atoms with Gasteiger partial charge in [0.05, 0.1) is 17.1 Å². The smallest absolute Gasteiger partial charge is 0.262 e. The lowest BCUT2D eigenvalue weighted by atomic mass is 10.1. The molecule has 3 N–H and O–H groups in total. The number of sulfonamides is 1. The molecule has 0 aromatic heterocycles. The van der Waals surface area contributed by atoms with Crippen LogP contribution in [0.3, 0.4) is 0 Å². The van der Waals surface area contributed by atoms with Crippen molar-refractivity contribution >= 4 is 39.1 Å². The fraction of sp³-hybridized carbons (Fsp3) is 0.222. The van der Waals surface area contributed by atoms with Crippen LogP contribution < -0.4 is 15.4 Å². The summed E-state index contributed by atoms with van der Waals surface area (Å²) in [5.41, 5.74) is 0.925. The molecule has 0 radical (unpaired) electrons. The third-order valence-electron chi connectivity index (χ3n) is 3.60. The van der Waals surface area contributed by atoms with E-state index in [9.17, 15) is 18.0 Å². The molecule has 27 heavy (non-hydrogen) atoms. The molecule has 0 aliphatic heterocycles. The first-order chi connectivity index (χ1) is 12.7. The van der Waals surface area contributed by atoms with Gasteiger partial charge in [-0.25, -0.2) is 8.42 Å². The summed E-state index contributed by atoms with van der Waals surface area (Å²) < 4.78 is 27.9. The van der Waals surface area contributed by atoms with Crippen LogP contribution in [0.15, 0.2) is 47.4 Å². The molecule has 7 nitrogen and oxygen atoms in total. The van der Waals surface area contributed by atoms with Gasteiger partial charge < -0.3 is 10.6 Å². The summed E-state index contributed by atoms with van der Waals surface area (Å²) in [6, 6.07) is 10.6. The molecule has 0 spiro atoms. The first-order valence-electron chi connectivity index (χ1n) is 8.17. The quantitative estimate of drug-likeness (QED) is 0.652. The number of benzene rings is 2. The normalized spacial score (nSPS) is 10.9. The summed E-state index contributed by atoms with van der Waals surface area (Å²) >= 11 is 5.88. The van der Waals surface area contributed by atoms with E-state index < -0.39 is 15.9 Å². The van der Waals surface area contributed by atoms with Crippen molar-refractivity contribution in [1.82, 2.24) is 10.6 Å². The highest BCUT2D eigenvalue weighted by Gasteiger charge is 2.19. The van der Waals surface area contributed by atoms with Crippen LogP contribution >= 0.6 is 11.6 Å². The Kier molecular flexibility index (Phi) is 6.81. The van der Waals surface area contributed by atoms with Crippen molar-refractivity contribution in [2.24, 2.45) is 0 Å². The Labute approximate surface area is 163 Å². The summed E-state index contributed by atoms with van der Waals surface area (Å²) in [5, 5.41) is 5.41. The van der Waals surface area contributed by atoms with Crippen molar-refractivity contribution in [1.29, 1.82) is 0 Å². The van der Waals surface area contributed by atoms with E-state index in [0.29, 0.717) is 22.8 Å². The Morgan fingerprint density at radius 1 is 1.07 bits per heavy atom. The molecule has 0 atom stereocenters. The van der Waals surface area contributed by atoms with Crippen molar-refractivity contribution < 1.29 is 18.0 Å². The predicted molar refractivity (Wildman–Crippen MR) is 104 cm³/mol. The summed E-state index contributed by atoms with van der Waals surface area (Å²) in [6.45, 7) is 3.66. The second kappa shape index (κ2) is 8.88. The lowest BCUT2D eigenvalue weighted by molar-refractivity contribution is -0.120. The zero-order valence-electron chi connectivity index (χ0n) is 14.9. The van der Waals surface area contributed by atoms with Crippen LogP contribution in [0.2, 0.25) is 5.02 Å². The highest BCUT2D eigenvalue weighted by atomic mass is 35.5. The molecule has 2 amide bonds. The minimum Gasteiger partial charge on any atom is -0.355 e. The predicted octanol–water partition coefficient (Wildman–Crippen LogP) is 2.32. The van der Waals surface area contributed by atoms with Gasteiger partial charge in [-0.1, -0.05) is 23.7 Å². The summed E-state index contributed by atoms with van der Waals surface area (Å²) in [6.07, 6.45) is 0. The molecule has 0 heterocycles. The maximum atomic E-state index is 12.7. The number of carbonyl (C=O) groups is 2. The van der Waals surface area contributed by atoms with E-state index in [0.717, 1.165) is 0 Å². The second-order valence-electron chi connectivity index (χ2n) is 5.73. The fourth-order valence-electron chi connectivity index (χ4n) is 2.32. The standard InChI is InChI=1S/C18H20ClN3O4S/c1-3-20-17(23)11-21-18(24)13-8-7-12(2)16(9-13)27(25,26)22-15-6-4-5-14(19)10-15/h4-10,22H,3,11H2,1-2H3,(H,20,23)(H,21,24). The topological polar surface area (TPSA) is 104 Å². The van der Waals surface area contributed by atoms with Crippen LogP contribution in [0, 0.1) is 6.92 Å². The Hall–Kier alpha value is -2.58. The molecule has 0 aliphatic rings. The Morgan fingerprint density at radius 2 is 1.81 bits per heavy atom. The van der Waals surface area contributed by atoms with Crippen molar-refractivity contribution in [2.45, 2.75) is 18.7 Å². The number of halogens is 1. The number of amides is 2. The van der Waals surface area contributed by atoms with E-state index in [1.54, 1.807) is 32.0 Å². The van der Waals surface area contributed by atoms with Gasteiger partial charge in [-0.15, -0.1) is 0 Å². The van der Waals surface area contributed by atoms with Gasteiger partial charge in [0.15, 0.2) is 0 Å². The number of rotatable bonds is 7. The second-order valence-corrected chi connectivity index (χ2v) is 7.82. The average Bonchev–Trinajstić information content (AvgIpc) is 2.59. The van der Waals surface area contributed by atoms with Crippen molar-refractivity contribution in [3.05, 3.63) is 58.6 Å². The molecule has 144 valence electrons. The van der Waals surface area contributed by atoms with E-state index in [1.165, 1.54) is 24.3 Å². The van der Waals surface area contributed by atoms with Crippen LogP contribution in [0.5, 0.6) is 0 Å². The Morgan fingerprint density at radius 3 is 2.48 bits per heavy atom. The number of hydrogen-bond acceptors (Lipinski definition) is 4. The summed E-state index contributed by atoms with van der Waals surface area (Å²) in [5.74, 6) is -0.867. The SMILES string of the molecule is CCNC(=O)CNC(=O)c1ccc(C)c(S(=O)(=O)Nc2cccc(Cl)c2)c1. The third-order valence-corrected chi connectivity index (χ3v) is 5.36. The van der Waals surface area contributed by atoms with Crippen molar-refractivity contribution in [2.75, 3.05) is 17.8 Å². The van der Waals surface area contributed by atoms with Gasteiger partial charge in [0.1, 0.15) is 0 Å². The van der Waals surface area contributed by atoms with Gasteiger partial charge in [-0.05, 0) is 49.7 Å². The summed E-state index contributed by atoms with van der Waals surface area (Å²) in [4.78, 5) is 23.6. The van der Waals surface area contributed by atoms with Gasteiger partial charge in [-0.2, -0.15) is 0 Å². The van der Waals surface area contributed by atoms with E-state index in [4.69, 9.17) is 11.6 Å². The van der Waals surface area contributed by atoms with Gasteiger partial charge >= 0.3 is 0 Å². The molecular weight excluding hydrogens is 390 g/mol. The van der Waals surface area contributed by atoms with E-state index >= 15 is 0 Å². The summed E-state index contributed by atoms with van der Waals surface area (Å²) in [7, 11) is -3.92. The zero-order valence-corrected chi connectivity index (χ0v) is 16.4. The average molecular weight is 410 g/mol. The number of aryl methyl sites for hydroxylation is 1.